The van der Waals surface area contributed by atoms with Gasteiger partial charge in [-0.25, -0.2) is 4.39 Å². The number of halogens is 1. The first-order valence-electron chi connectivity index (χ1n) is 6.76. The molecular weight excluding hydrogens is 247 g/mol. The summed E-state index contributed by atoms with van der Waals surface area (Å²) in [6.45, 7) is 0. The molecule has 0 aliphatic carbocycles. The average Bonchev–Trinajstić information content (AvgIpc) is 2.31. The highest BCUT2D eigenvalue weighted by Crippen LogP contribution is 2.46. The molecule has 0 radical (unpaired) electrons. The lowest BCUT2D eigenvalue weighted by atomic mass is 9.81. The number of fused-ring (bicyclic) bond motifs is 2. The number of hydrogen-bond acceptors (Lipinski definition) is 2. The number of benzene rings is 1. The minimum absolute atomic E-state index is 0.186. The highest BCUT2D eigenvalue weighted by atomic mass is 32.2. The van der Waals surface area contributed by atoms with Crippen LogP contribution in [0.1, 0.15) is 37.7 Å². The topological polar surface area (TPSA) is 20.2 Å². The molecule has 0 spiro atoms. The van der Waals surface area contributed by atoms with Crippen LogP contribution in [0.2, 0.25) is 0 Å². The molecule has 0 aromatic heterocycles. The fraction of sp³-hybridized carbons (Fsp3) is 0.600. The summed E-state index contributed by atoms with van der Waals surface area (Å²) in [5.74, 6) is -0.186. The van der Waals surface area contributed by atoms with Crippen molar-refractivity contribution in [3.63, 3.8) is 0 Å². The van der Waals surface area contributed by atoms with Gasteiger partial charge in [0.1, 0.15) is 5.82 Å². The third-order valence-electron chi connectivity index (χ3n) is 4.13. The Kier molecular flexibility index (Phi) is 3.37. The SMILES string of the molecule is OC1(Cc2ccccc2F)CC2CCCC(C1)S2. The fourth-order valence-corrected chi connectivity index (χ4v) is 5.32. The first-order chi connectivity index (χ1) is 8.65. The van der Waals surface area contributed by atoms with Crippen LogP contribution in [-0.2, 0) is 6.42 Å². The van der Waals surface area contributed by atoms with Crippen molar-refractivity contribution in [3.05, 3.63) is 35.6 Å². The van der Waals surface area contributed by atoms with Crippen molar-refractivity contribution in [2.24, 2.45) is 0 Å². The Labute approximate surface area is 112 Å². The average molecular weight is 266 g/mol. The molecule has 2 saturated heterocycles. The lowest BCUT2D eigenvalue weighted by molar-refractivity contribution is 0.0123. The number of hydrogen-bond donors (Lipinski definition) is 1. The standard InChI is InChI=1S/C15H19FOS/c16-14-7-2-1-4-11(14)8-15(17)9-12-5-3-6-13(10-15)18-12/h1-2,4,7,12-13,17H,3,5-6,8-10H2. The van der Waals surface area contributed by atoms with Crippen LogP contribution in [0.15, 0.2) is 24.3 Å². The van der Waals surface area contributed by atoms with Gasteiger partial charge in [0, 0.05) is 16.9 Å². The Hall–Kier alpha value is -0.540. The molecule has 0 amide bonds. The second-order valence-corrected chi connectivity index (χ2v) is 7.32. The van der Waals surface area contributed by atoms with Gasteiger partial charge in [-0.15, -0.1) is 0 Å². The normalized spacial score (nSPS) is 35.4. The van der Waals surface area contributed by atoms with E-state index in [-0.39, 0.29) is 5.82 Å². The molecule has 1 aromatic carbocycles. The van der Waals surface area contributed by atoms with Gasteiger partial charge < -0.3 is 5.11 Å². The second-order valence-electron chi connectivity index (χ2n) is 5.71. The van der Waals surface area contributed by atoms with Gasteiger partial charge in [0.25, 0.3) is 0 Å². The van der Waals surface area contributed by atoms with Crippen LogP contribution < -0.4 is 0 Å². The van der Waals surface area contributed by atoms with Gasteiger partial charge in [-0.05, 0) is 37.3 Å². The monoisotopic (exact) mass is 266 g/mol. The van der Waals surface area contributed by atoms with Gasteiger partial charge in [0.05, 0.1) is 5.60 Å². The first kappa shape index (κ1) is 12.5. The van der Waals surface area contributed by atoms with Crippen LogP contribution in [0.25, 0.3) is 0 Å². The van der Waals surface area contributed by atoms with E-state index in [0.29, 0.717) is 22.5 Å². The predicted octanol–water partition coefficient (Wildman–Crippen LogP) is 3.55. The van der Waals surface area contributed by atoms with E-state index in [1.54, 1.807) is 12.1 Å². The van der Waals surface area contributed by atoms with Crippen molar-refractivity contribution in [3.8, 4) is 0 Å². The van der Waals surface area contributed by atoms with Crippen LogP contribution in [0.3, 0.4) is 0 Å². The number of rotatable bonds is 2. The molecular formula is C15H19FOS. The molecule has 2 aliphatic heterocycles. The third kappa shape index (κ3) is 2.57. The van der Waals surface area contributed by atoms with E-state index >= 15 is 0 Å². The first-order valence-corrected chi connectivity index (χ1v) is 7.70. The predicted molar refractivity (Wildman–Crippen MR) is 73.3 cm³/mol. The van der Waals surface area contributed by atoms with Crippen molar-refractivity contribution in [1.29, 1.82) is 0 Å². The summed E-state index contributed by atoms with van der Waals surface area (Å²) in [6, 6.07) is 6.83. The van der Waals surface area contributed by atoms with E-state index in [1.807, 2.05) is 17.8 Å². The molecule has 98 valence electrons. The molecule has 2 bridgehead atoms. The van der Waals surface area contributed by atoms with E-state index in [1.165, 1.54) is 25.3 Å². The smallest absolute Gasteiger partial charge is 0.126 e. The van der Waals surface area contributed by atoms with Crippen molar-refractivity contribution >= 4 is 11.8 Å². The zero-order valence-electron chi connectivity index (χ0n) is 10.4. The van der Waals surface area contributed by atoms with Gasteiger partial charge >= 0.3 is 0 Å². The molecule has 1 nitrogen and oxygen atoms in total. The Morgan fingerprint density at radius 3 is 2.56 bits per heavy atom. The van der Waals surface area contributed by atoms with E-state index in [4.69, 9.17) is 0 Å². The Morgan fingerprint density at radius 1 is 1.22 bits per heavy atom. The van der Waals surface area contributed by atoms with Crippen molar-refractivity contribution in [2.45, 2.75) is 54.6 Å². The third-order valence-corrected chi connectivity index (χ3v) is 5.70. The van der Waals surface area contributed by atoms with E-state index < -0.39 is 5.60 Å². The maximum Gasteiger partial charge on any atom is 0.126 e. The Balaban J connectivity index is 1.77. The van der Waals surface area contributed by atoms with E-state index in [9.17, 15) is 9.50 Å². The summed E-state index contributed by atoms with van der Waals surface area (Å²) in [5, 5.41) is 11.9. The molecule has 0 saturated carbocycles. The van der Waals surface area contributed by atoms with Gasteiger partial charge in [0.2, 0.25) is 0 Å². The van der Waals surface area contributed by atoms with Crippen LogP contribution in [0, 0.1) is 5.82 Å². The lowest BCUT2D eigenvalue weighted by Crippen LogP contribution is -2.44. The molecule has 18 heavy (non-hydrogen) atoms. The maximum atomic E-state index is 13.7. The molecule has 3 heteroatoms. The molecule has 2 aliphatic rings. The molecule has 2 unspecified atom stereocenters. The van der Waals surface area contributed by atoms with Crippen LogP contribution >= 0.6 is 11.8 Å². The molecule has 3 rings (SSSR count). The summed E-state index contributed by atoms with van der Waals surface area (Å²) in [4.78, 5) is 0. The van der Waals surface area contributed by atoms with Crippen LogP contribution in [0.5, 0.6) is 0 Å². The Morgan fingerprint density at radius 2 is 1.89 bits per heavy atom. The van der Waals surface area contributed by atoms with Crippen molar-refractivity contribution in [1.82, 2.24) is 0 Å². The zero-order valence-corrected chi connectivity index (χ0v) is 11.3. The summed E-state index contributed by atoms with van der Waals surface area (Å²) in [7, 11) is 0. The number of aliphatic hydroxyl groups is 1. The van der Waals surface area contributed by atoms with Crippen molar-refractivity contribution < 1.29 is 9.50 Å². The quantitative estimate of drug-likeness (QED) is 0.883. The zero-order chi connectivity index (χ0) is 12.6. The largest absolute Gasteiger partial charge is 0.389 e. The summed E-state index contributed by atoms with van der Waals surface area (Å²) in [5.41, 5.74) is -0.0339. The molecule has 2 fully saturated rings. The van der Waals surface area contributed by atoms with Crippen LogP contribution in [-0.4, -0.2) is 21.2 Å². The molecule has 1 N–H and O–H groups in total. The lowest BCUT2D eigenvalue weighted by Gasteiger charge is -2.44. The minimum Gasteiger partial charge on any atom is -0.389 e. The Bertz CT molecular complexity index is 422. The van der Waals surface area contributed by atoms with Crippen molar-refractivity contribution in [2.75, 3.05) is 0 Å². The summed E-state index contributed by atoms with van der Waals surface area (Å²) < 4.78 is 13.7. The number of thioether (sulfide) groups is 1. The van der Waals surface area contributed by atoms with E-state index in [2.05, 4.69) is 0 Å². The van der Waals surface area contributed by atoms with Gasteiger partial charge in [-0.3, -0.25) is 0 Å². The highest BCUT2D eigenvalue weighted by Gasteiger charge is 2.41. The fourth-order valence-electron chi connectivity index (χ4n) is 3.35. The second kappa shape index (κ2) is 4.86. The summed E-state index contributed by atoms with van der Waals surface area (Å²) >= 11 is 2.04. The van der Waals surface area contributed by atoms with E-state index in [0.717, 1.165) is 12.8 Å². The van der Waals surface area contributed by atoms with Gasteiger partial charge in [-0.2, -0.15) is 11.8 Å². The molecule has 2 heterocycles. The molecule has 2 atom stereocenters. The van der Waals surface area contributed by atoms with Gasteiger partial charge in [0.15, 0.2) is 0 Å². The minimum atomic E-state index is -0.691. The summed E-state index contributed by atoms with van der Waals surface area (Å²) in [6.07, 6.45) is 5.82. The van der Waals surface area contributed by atoms with Crippen LogP contribution in [0.4, 0.5) is 4.39 Å². The molecule has 1 aromatic rings. The van der Waals surface area contributed by atoms with Gasteiger partial charge in [-0.1, -0.05) is 24.6 Å². The highest BCUT2D eigenvalue weighted by molar-refractivity contribution is 8.00. The maximum absolute atomic E-state index is 13.7.